The quantitative estimate of drug-likeness (QED) is 0.663. The van der Waals surface area contributed by atoms with Crippen LogP contribution in [0, 0.1) is 0 Å². The molecule has 0 amide bonds. The average Bonchev–Trinajstić information content (AvgIpc) is 2.27. The summed E-state index contributed by atoms with van der Waals surface area (Å²) in [5.74, 6) is 0.261. The molecule has 3 heteroatoms. The lowest BCUT2D eigenvalue weighted by Crippen LogP contribution is -2.19. The van der Waals surface area contributed by atoms with Crippen molar-refractivity contribution in [3.63, 3.8) is 0 Å². The van der Waals surface area contributed by atoms with Gasteiger partial charge in [0.2, 0.25) is 0 Å². The SMILES string of the molecule is CCc1cccc(C(O)C(O)CS)c1. The topological polar surface area (TPSA) is 40.5 Å². The Labute approximate surface area is 90.0 Å². The molecule has 1 aromatic carbocycles. The van der Waals surface area contributed by atoms with Crippen molar-refractivity contribution in [2.24, 2.45) is 0 Å². The first-order chi connectivity index (χ1) is 6.69. The van der Waals surface area contributed by atoms with Crippen LogP contribution >= 0.6 is 12.6 Å². The minimum Gasteiger partial charge on any atom is -0.389 e. The third kappa shape index (κ3) is 2.74. The maximum absolute atomic E-state index is 9.71. The molecule has 0 fully saturated rings. The van der Waals surface area contributed by atoms with Crippen LogP contribution in [0.2, 0.25) is 0 Å². The summed E-state index contributed by atoms with van der Waals surface area (Å²) in [5.41, 5.74) is 1.92. The molecular weight excluding hydrogens is 196 g/mol. The van der Waals surface area contributed by atoms with E-state index in [-0.39, 0.29) is 5.75 Å². The molecule has 2 unspecified atom stereocenters. The van der Waals surface area contributed by atoms with Gasteiger partial charge in [0.1, 0.15) is 6.10 Å². The van der Waals surface area contributed by atoms with Crippen molar-refractivity contribution < 1.29 is 10.2 Å². The fraction of sp³-hybridized carbons (Fsp3) is 0.455. The van der Waals surface area contributed by atoms with E-state index in [1.54, 1.807) is 0 Å². The van der Waals surface area contributed by atoms with E-state index in [0.29, 0.717) is 0 Å². The molecule has 1 rings (SSSR count). The molecular formula is C11H16O2S. The van der Waals surface area contributed by atoms with Gasteiger partial charge < -0.3 is 10.2 Å². The highest BCUT2D eigenvalue weighted by molar-refractivity contribution is 7.80. The summed E-state index contributed by atoms with van der Waals surface area (Å²) in [5, 5.41) is 19.1. The second-order valence-electron chi connectivity index (χ2n) is 3.29. The summed E-state index contributed by atoms with van der Waals surface area (Å²) >= 11 is 3.94. The molecule has 0 aromatic heterocycles. The van der Waals surface area contributed by atoms with Crippen molar-refractivity contribution in [3.05, 3.63) is 35.4 Å². The summed E-state index contributed by atoms with van der Waals surface area (Å²) in [6, 6.07) is 7.62. The molecule has 0 aliphatic heterocycles. The summed E-state index contributed by atoms with van der Waals surface area (Å²) in [7, 11) is 0. The van der Waals surface area contributed by atoms with Gasteiger partial charge in [-0.2, -0.15) is 12.6 Å². The predicted octanol–water partition coefficient (Wildman–Crippen LogP) is 1.57. The van der Waals surface area contributed by atoms with Crippen molar-refractivity contribution in [2.75, 3.05) is 5.75 Å². The van der Waals surface area contributed by atoms with Gasteiger partial charge in [0.15, 0.2) is 0 Å². The van der Waals surface area contributed by atoms with Gasteiger partial charge in [-0.05, 0) is 17.5 Å². The Morgan fingerprint density at radius 1 is 1.36 bits per heavy atom. The largest absolute Gasteiger partial charge is 0.389 e. The van der Waals surface area contributed by atoms with Crippen LogP contribution in [0.15, 0.2) is 24.3 Å². The number of hydrogen-bond donors (Lipinski definition) is 3. The average molecular weight is 212 g/mol. The second-order valence-corrected chi connectivity index (χ2v) is 3.66. The van der Waals surface area contributed by atoms with E-state index in [0.717, 1.165) is 17.5 Å². The van der Waals surface area contributed by atoms with Crippen molar-refractivity contribution in [1.29, 1.82) is 0 Å². The first kappa shape index (κ1) is 11.6. The summed E-state index contributed by atoms with van der Waals surface area (Å²) in [4.78, 5) is 0. The number of benzene rings is 1. The van der Waals surface area contributed by atoms with Gasteiger partial charge in [0, 0.05) is 5.75 Å². The van der Waals surface area contributed by atoms with E-state index in [2.05, 4.69) is 19.6 Å². The lowest BCUT2D eigenvalue weighted by molar-refractivity contribution is 0.0337. The van der Waals surface area contributed by atoms with E-state index in [1.165, 1.54) is 0 Å². The van der Waals surface area contributed by atoms with E-state index < -0.39 is 12.2 Å². The third-order valence-corrected chi connectivity index (χ3v) is 2.63. The van der Waals surface area contributed by atoms with Crippen LogP contribution in [-0.4, -0.2) is 22.1 Å². The van der Waals surface area contributed by atoms with Crippen molar-refractivity contribution >= 4 is 12.6 Å². The Morgan fingerprint density at radius 2 is 2.07 bits per heavy atom. The monoisotopic (exact) mass is 212 g/mol. The van der Waals surface area contributed by atoms with Gasteiger partial charge >= 0.3 is 0 Å². The smallest absolute Gasteiger partial charge is 0.106 e. The Bertz CT molecular complexity index is 288. The van der Waals surface area contributed by atoms with Crippen LogP contribution in [0.5, 0.6) is 0 Å². The molecule has 2 atom stereocenters. The molecule has 2 N–H and O–H groups in total. The van der Waals surface area contributed by atoms with Gasteiger partial charge in [-0.3, -0.25) is 0 Å². The maximum atomic E-state index is 9.71. The zero-order chi connectivity index (χ0) is 10.6. The lowest BCUT2D eigenvalue weighted by atomic mass is 10.0. The number of rotatable bonds is 4. The number of aliphatic hydroxyl groups is 2. The number of thiol groups is 1. The maximum Gasteiger partial charge on any atom is 0.106 e. The zero-order valence-electron chi connectivity index (χ0n) is 8.22. The molecule has 0 spiro atoms. The van der Waals surface area contributed by atoms with Crippen LogP contribution in [0.1, 0.15) is 24.2 Å². The molecule has 1 aromatic rings. The first-order valence-electron chi connectivity index (χ1n) is 4.74. The van der Waals surface area contributed by atoms with Crippen molar-refractivity contribution in [3.8, 4) is 0 Å². The Hall–Kier alpha value is -0.510. The van der Waals surface area contributed by atoms with Crippen LogP contribution in [0.4, 0.5) is 0 Å². The number of aryl methyl sites for hydroxylation is 1. The Kier molecular flexibility index (Phi) is 4.45. The highest BCUT2D eigenvalue weighted by Gasteiger charge is 2.16. The zero-order valence-corrected chi connectivity index (χ0v) is 9.11. The molecule has 0 aliphatic rings. The molecule has 78 valence electrons. The molecule has 0 heterocycles. The predicted molar refractivity (Wildman–Crippen MR) is 60.6 cm³/mol. The number of aliphatic hydroxyl groups excluding tert-OH is 2. The van der Waals surface area contributed by atoms with Gasteiger partial charge in [-0.25, -0.2) is 0 Å². The van der Waals surface area contributed by atoms with Crippen LogP contribution in [0.25, 0.3) is 0 Å². The fourth-order valence-electron chi connectivity index (χ4n) is 1.32. The van der Waals surface area contributed by atoms with Gasteiger partial charge in [-0.1, -0.05) is 31.2 Å². The highest BCUT2D eigenvalue weighted by atomic mass is 32.1. The molecule has 2 nitrogen and oxygen atoms in total. The molecule has 0 aliphatic carbocycles. The number of hydrogen-bond acceptors (Lipinski definition) is 3. The summed E-state index contributed by atoms with van der Waals surface area (Å²) in [6.07, 6.45) is -0.707. The Balaban J connectivity index is 2.83. The van der Waals surface area contributed by atoms with E-state index in [1.807, 2.05) is 24.3 Å². The second kappa shape index (κ2) is 5.39. The molecule has 0 saturated carbocycles. The van der Waals surface area contributed by atoms with Crippen molar-refractivity contribution in [2.45, 2.75) is 25.6 Å². The standard InChI is InChI=1S/C11H16O2S/c1-2-8-4-3-5-9(6-8)11(13)10(12)7-14/h3-6,10-14H,2,7H2,1H3. The minimum atomic E-state index is -0.834. The van der Waals surface area contributed by atoms with Gasteiger partial charge in [0.05, 0.1) is 6.10 Å². The van der Waals surface area contributed by atoms with Gasteiger partial charge in [0.25, 0.3) is 0 Å². The van der Waals surface area contributed by atoms with Crippen LogP contribution < -0.4 is 0 Å². The van der Waals surface area contributed by atoms with Crippen LogP contribution in [-0.2, 0) is 6.42 Å². The highest BCUT2D eigenvalue weighted by Crippen LogP contribution is 2.19. The molecule has 14 heavy (non-hydrogen) atoms. The van der Waals surface area contributed by atoms with Crippen LogP contribution in [0.3, 0.4) is 0 Å². The minimum absolute atomic E-state index is 0.261. The molecule has 0 bridgehead atoms. The van der Waals surface area contributed by atoms with Crippen molar-refractivity contribution in [1.82, 2.24) is 0 Å². The summed E-state index contributed by atoms with van der Waals surface area (Å²) in [6.45, 7) is 2.06. The third-order valence-electron chi connectivity index (χ3n) is 2.25. The lowest BCUT2D eigenvalue weighted by Gasteiger charge is -2.16. The van der Waals surface area contributed by atoms with Gasteiger partial charge in [-0.15, -0.1) is 0 Å². The van der Waals surface area contributed by atoms with E-state index in [9.17, 15) is 10.2 Å². The molecule has 0 radical (unpaired) electrons. The van der Waals surface area contributed by atoms with E-state index in [4.69, 9.17) is 0 Å². The fourth-order valence-corrected chi connectivity index (χ4v) is 1.52. The first-order valence-corrected chi connectivity index (χ1v) is 5.38. The van der Waals surface area contributed by atoms with E-state index >= 15 is 0 Å². The Morgan fingerprint density at radius 3 is 2.64 bits per heavy atom. The molecule has 0 saturated heterocycles. The normalized spacial score (nSPS) is 15.1. The summed E-state index contributed by atoms with van der Waals surface area (Å²) < 4.78 is 0.